The fourth-order valence-electron chi connectivity index (χ4n) is 2.24. The van der Waals surface area contributed by atoms with Crippen molar-refractivity contribution in [3.8, 4) is 11.5 Å². The Morgan fingerprint density at radius 2 is 1.92 bits per heavy atom. The first kappa shape index (κ1) is 18.5. The van der Waals surface area contributed by atoms with Crippen LogP contribution in [0, 0.1) is 6.92 Å². The van der Waals surface area contributed by atoms with E-state index in [0.717, 1.165) is 23.4 Å². The number of hydrogen-bond donors (Lipinski definition) is 2. The average molecular weight is 340 g/mol. The molecule has 5 nitrogen and oxygen atoms in total. The van der Waals surface area contributed by atoms with Crippen molar-refractivity contribution in [2.45, 2.75) is 13.5 Å². The third-order valence-electron chi connectivity index (χ3n) is 3.54. The molecule has 0 bridgehead atoms. The highest BCUT2D eigenvalue weighted by Gasteiger charge is 2.09. The highest BCUT2D eigenvalue weighted by molar-refractivity contribution is 5.91. The van der Waals surface area contributed by atoms with Crippen LogP contribution < -0.4 is 20.1 Å². The molecule has 132 valence electrons. The van der Waals surface area contributed by atoms with Gasteiger partial charge in [0.15, 0.2) is 18.1 Å². The normalized spacial score (nSPS) is 10.2. The van der Waals surface area contributed by atoms with Crippen LogP contribution >= 0.6 is 0 Å². The maximum Gasteiger partial charge on any atom is 0.262 e. The Labute approximate surface area is 148 Å². The van der Waals surface area contributed by atoms with E-state index < -0.39 is 0 Å². The molecule has 25 heavy (non-hydrogen) atoms. The van der Waals surface area contributed by atoms with Crippen LogP contribution in [0.4, 0.5) is 5.69 Å². The summed E-state index contributed by atoms with van der Waals surface area (Å²) < 4.78 is 10.9. The molecule has 1 amide bonds. The molecule has 0 aliphatic heterocycles. The van der Waals surface area contributed by atoms with Gasteiger partial charge in [0, 0.05) is 18.8 Å². The van der Waals surface area contributed by atoms with Crippen LogP contribution in [0.25, 0.3) is 0 Å². The third kappa shape index (κ3) is 5.97. The number of ether oxygens (including phenoxy) is 2. The molecule has 2 aromatic rings. The lowest BCUT2D eigenvalue weighted by Gasteiger charge is -2.12. The monoisotopic (exact) mass is 340 g/mol. The van der Waals surface area contributed by atoms with Gasteiger partial charge in [0.2, 0.25) is 0 Å². The molecule has 0 atom stereocenters. The highest BCUT2D eigenvalue weighted by atomic mass is 16.5. The molecule has 0 saturated carbocycles. The lowest BCUT2D eigenvalue weighted by atomic mass is 10.2. The van der Waals surface area contributed by atoms with Gasteiger partial charge in [-0.3, -0.25) is 4.79 Å². The van der Waals surface area contributed by atoms with Crippen molar-refractivity contribution in [2.75, 3.05) is 25.6 Å². The maximum absolute atomic E-state index is 12.0. The summed E-state index contributed by atoms with van der Waals surface area (Å²) in [5.41, 5.74) is 2.95. The van der Waals surface area contributed by atoms with Crippen molar-refractivity contribution in [1.29, 1.82) is 0 Å². The average Bonchev–Trinajstić information content (AvgIpc) is 2.62. The number of nitrogens with one attached hydrogen (secondary N) is 2. The summed E-state index contributed by atoms with van der Waals surface area (Å²) >= 11 is 0. The van der Waals surface area contributed by atoms with Crippen LogP contribution in [0.5, 0.6) is 11.5 Å². The summed E-state index contributed by atoms with van der Waals surface area (Å²) in [6, 6.07) is 13.2. The SMILES string of the molecule is C=CCNCc1ccc(OCC(=O)Nc2ccc(C)cc2)c(OC)c1. The van der Waals surface area contributed by atoms with Crippen LogP contribution in [0.15, 0.2) is 55.1 Å². The largest absolute Gasteiger partial charge is 0.493 e. The molecule has 2 N–H and O–H groups in total. The molecule has 0 aromatic heterocycles. The van der Waals surface area contributed by atoms with Gasteiger partial charge in [0.25, 0.3) is 5.91 Å². The summed E-state index contributed by atoms with van der Waals surface area (Å²) in [6.07, 6.45) is 1.81. The second-order valence-corrected chi connectivity index (χ2v) is 5.61. The zero-order valence-electron chi connectivity index (χ0n) is 14.7. The second-order valence-electron chi connectivity index (χ2n) is 5.61. The Bertz CT molecular complexity index is 711. The van der Waals surface area contributed by atoms with Crippen molar-refractivity contribution in [2.24, 2.45) is 0 Å². The molecule has 0 spiro atoms. The van der Waals surface area contributed by atoms with Gasteiger partial charge >= 0.3 is 0 Å². The topological polar surface area (TPSA) is 59.6 Å². The predicted molar refractivity (Wildman–Crippen MR) is 100 cm³/mol. The van der Waals surface area contributed by atoms with Gasteiger partial charge in [-0.2, -0.15) is 0 Å². The quantitative estimate of drug-likeness (QED) is 0.543. The molecular weight excluding hydrogens is 316 g/mol. The van der Waals surface area contributed by atoms with Crippen LogP contribution in [-0.2, 0) is 11.3 Å². The summed E-state index contributed by atoms with van der Waals surface area (Å²) in [5.74, 6) is 0.915. The zero-order valence-corrected chi connectivity index (χ0v) is 14.7. The molecule has 2 aromatic carbocycles. The van der Waals surface area contributed by atoms with Gasteiger partial charge in [0.05, 0.1) is 7.11 Å². The lowest BCUT2D eigenvalue weighted by Crippen LogP contribution is -2.20. The Morgan fingerprint density at radius 3 is 2.60 bits per heavy atom. The van der Waals surface area contributed by atoms with Gasteiger partial charge in [-0.1, -0.05) is 29.8 Å². The van der Waals surface area contributed by atoms with Gasteiger partial charge in [-0.15, -0.1) is 6.58 Å². The Balaban J connectivity index is 1.91. The summed E-state index contributed by atoms with van der Waals surface area (Å²) in [5, 5.41) is 6.02. The molecule has 0 unspecified atom stereocenters. The summed E-state index contributed by atoms with van der Waals surface area (Å²) in [6.45, 7) is 7.02. The number of aryl methyl sites for hydroxylation is 1. The van der Waals surface area contributed by atoms with E-state index in [2.05, 4.69) is 17.2 Å². The van der Waals surface area contributed by atoms with E-state index in [0.29, 0.717) is 18.0 Å². The van der Waals surface area contributed by atoms with Gasteiger partial charge in [0.1, 0.15) is 0 Å². The number of anilines is 1. The summed E-state index contributed by atoms with van der Waals surface area (Å²) in [4.78, 5) is 12.0. The summed E-state index contributed by atoms with van der Waals surface area (Å²) in [7, 11) is 1.58. The van der Waals surface area contributed by atoms with Crippen molar-refractivity contribution in [3.63, 3.8) is 0 Å². The Morgan fingerprint density at radius 1 is 1.16 bits per heavy atom. The standard InChI is InChI=1S/C20H24N2O3/c1-4-11-21-13-16-7-10-18(19(12-16)24-3)25-14-20(23)22-17-8-5-15(2)6-9-17/h4-10,12,21H,1,11,13-14H2,2-3H3,(H,22,23). The number of hydrogen-bond acceptors (Lipinski definition) is 4. The molecule has 0 radical (unpaired) electrons. The first-order valence-corrected chi connectivity index (χ1v) is 8.10. The van der Waals surface area contributed by atoms with Crippen molar-refractivity contribution in [1.82, 2.24) is 5.32 Å². The first-order valence-electron chi connectivity index (χ1n) is 8.10. The molecule has 5 heteroatoms. The molecular formula is C20H24N2O3. The molecule has 0 aliphatic carbocycles. The third-order valence-corrected chi connectivity index (χ3v) is 3.54. The van der Waals surface area contributed by atoms with Crippen LogP contribution in [0.2, 0.25) is 0 Å². The van der Waals surface area contributed by atoms with Gasteiger partial charge in [-0.25, -0.2) is 0 Å². The van der Waals surface area contributed by atoms with E-state index in [1.807, 2.05) is 49.4 Å². The minimum absolute atomic E-state index is 0.0850. The fourth-order valence-corrected chi connectivity index (χ4v) is 2.24. The van der Waals surface area contributed by atoms with Crippen molar-refractivity contribution in [3.05, 3.63) is 66.2 Å². The molecule has 0 saturated heterocycles. The fraction of sp³-hybridized carbons (Fsp3) is 0.250. The van der Waals surface area contributed by atoms with E-state index in [4.69, 9.17) is 9.47 Å². The minimum Gasteiger partial charge on any atom is -0.493 e. The number of amides is 1. The van der Waals surface area contributed by atoms with E-state index in [1.165, 1.54) is 0 Å². The molecule has 2 rings (SSSR count). The maximum atomic E-state index is 12.0. The predicted octanol–water partition coefficient (Wildman–Crippen LogP) is 3.30. The van der Waals surface area contributed by atoms with Gasteiger partial charge < -0.3 is 20.1 Å². The highest BCUT2D eigenvalue weighted by Crippen LogP contribution is 2.28. The smallest absolute Gasteiger partial charge is 0.262 e. The van der Waals surface area contributed by atoms with Gasteiger partial charge in [-0.05, 0) is 36.8 Å². The number of rotatable bonds is 9. The number of carbonyl (C=O) groups excluding carboxylic acids is 1. The lowest BCUT2D eigenvalue weighted by molar-refractivity contribution is -0.118. The van der Waals surface area contributed by atoms with E-state index in [1.54, 1.807) is 13.2 Å². The number of benzene rings is 2. The number of methoxy groups -OCH3 is 1. The van der Waals surface area contributed by atoms with E-state index in [9.17, 15) is 4.79 Å². The second kappa shape index (κ2) is 9.49. The molecule has 0 aliphatic rings. The Hall–Kier alpha value is -2.79. The molecule has 0 fully saturated rings. The first-order chi connectivity index (χ1) is 12.1. The van der Waals surface area contributed by atoms with E-state index >= 15 is 0 Å². The van der Waals surface area contributed by atoms with E-state index in [-0.39, 0.29) is 12.5 Å². The minimum atomic E-state index is -0.220. The number of carbonyl (C=O) groups is 1. The zero-order chi connectivity index (χ0) is 18.1. The van der Waals surface area contributed by atoms with Crippen LogP contribution in [-0.4, -0.2) is 26.2 Å². The van der Waals surface area contributed by atoms with Crippen LogP contribution in [0.3, 0.4) is 0 Å². The Kier molecular flexibility index (Phi) is 7.04. The molecule has 0 heterocycles. The van der Waals surface area contributed by atoms with Crippen LogP contribution in [0.1, 0.15) is 11.1 Å². The van der Waals surface area contributed by atoms with Crippen molar-refractivity contribution < 1.29 is 14.3 Å². The van der Waals surface area contributed by atoms with Crippen molar-refractivity contribution >= 4 is 11.6 Å².